The molecule has 6 atom stereocenters. The van der Waals surface area contributed by atoms with Crippen molar-refractivity contribution in [1.29, 1.82) is 0 Å². The molecule has 9 nitrogen and oxygen atoms in total. The SMILES string of the molecule is CCCC(=O)NC1[C@H](NO)OC(CO)[C@@H](O)[C@@H]1OC(=O)C(C)c1ccc(CC(C)C)cc1. The van der Waals surface area contributed by atoms with E-state index in [0.717, 1.165) is 12.0 Å². The largest absolute Gasteiger partial charge is 0.457 e. The van der Waals surface area contributed by atoms with Gasteiger partial charge < -0.3 is 30.2 Å². The molecule has 2 rings (SSSR count). The van der Waals surface area contributed by atoms with Gasteiger partial charge in [-0.25, -0.2) is 0 Å². The first-order chi connectivity index (χ1) is 15.2. The Morgan fingerprint density at radius 2 is 1.84 bits per heavy atom. The van der Waals surface area contributed by atoms with Gasteiger partial charge in [0.15, 0.2) is 12.3 Å². The standard InChI is InChI=1S/C23H36N2O7/c1-5-6-18(27)24-19-21(20(28)17(12-26)31-22(19)25-30)32-23(29)14(4)16-9-7-15(8-10-16)11-13(2)3/h7-10,13-14,17,19-22,25-26,28,30H,5-6,11-12H2,1-4H3,(H,24,27)/t14?,17?,19?,20-,21-,22-/m1/s1. The Bertz CT molecular complexity index is 740. The Kier molecular flexibility index (Phi) is 10.0. The second-order valence-electron chi connectivity index (χ2n) is 8.70. The Hall–Kier alpha value is -2.04. The van der Waals surface area contributed by atoms with E-state index in [1.165, 1.54) is 5.56 Å². The molecule has 1 fully saturated rings. The van der Waals surface area contributed by atoms with Crippen LogP contribution in [0.5, 0.6) is 0 Å². The molecule has 32 heavy (non-hydrogen) atoms. The molecule has 0 spiro atoms. The van der Waals surface area contributed by atoms with Crippen molar-refractivity contribution in [2.45, 2.75) is 83.5 Å². The van der Waals surface area contributed by atoms with E-state index in [0.29, 0.717) is 12.3 Å². The van der Waals surface area contributed by atoms with Crippen molar-refractivity contribution in [3.05, 3.63) is 35.4 Å². The summed E-state index contributed by atoms with van der Waals surface area (Å²) >= 11 is 0. The summed E-state index contributed by atoms with van der Waals surface area (Å²) in [5.74, 6) is -1.05. The predicted octanol–water partition coefficient (Wildman–Crippen LogP) is 1.24. The van der Waals surface area contributed by atoms with Gasteiger partial charge in [0.25, 0.3) is 0 Å². The number of hydrogen-bond acceptors (Lipinski definition) is 8. The summed E-state index contributed by atoms with van der Waals surface area (Å²) in [5, 5.41) is 32.3. The molecule has 1 aromatic carbocycles. The van der Waals surface area contributed by atoms with E-state index < -0.39 is 49.1 Å². The van der Waals surface area contributed by atoms with Crippen molar-refractivity contribution in [2.24, 2.45) is 5.92 Å². The minimum absolute atomic E-state index is 0.216. The lowest BCUT2D eigenvalue weighted by atomic mass is 9.94. The van der Waals surface area contributed by atoms with E-state index in [1.54, 1.807) is 6.92 Å². The molecule has 1 aliphatic rings. The number of aliphatic hydroxyl groups excluding tert-OH is 2. The summed E-state index contributed by atoms with van der Waals surface area (Å²) in [5.41, 5.74) is 3.85. The fourth-order valence-corrected chi connectivity index (χ4v) is 3.78. The van der Waals surface area contributed by atoms with Gasteiger partial charge in [-0.3, -0.25) is 9.59 Å². The number of carbonyl (C=O) groups excluding carboxylic acids is 2. The molecule has 0 saturated carbocycles. The molecular weight excluding hydrogens is 416 g/mol. The lowest BCUT2D eigenvalue weighted by Gasteiger charge is -2.43. The zero-order valence-corrected chi connectivity index (χ0v) is 19.2. The number of rotatable bonds is 10. The zero-order valence-electron chi connectivity index (χ0n) is 19.2. The van der Waals surface area contributed by atoms with Gasteiger partial charge in [-0.15, -0.1) is 0 Å². The third-order valence-corrected chi connectivity index (χ3v) is 5.56. The Balaban J connectivity index is 2.19. The normalized spacial score (nSPS) is 26.6. The molecule has 1 heterocycles. The highest BCUT2D eigenvalue weighted by Crippen LogP contribution is 2.26. The second kappa shape index (κ2) is 12.3. The minimum Gasteiger partial charge on any atom is -0.457 e. The van der Waals surface area contributed by atoms with Gasteiger partial charge in [-0.05, 0) is 36.8 Å². The van der Waals surface area contributed by atoms with Crippen LogP contribution in [0.1, 0.15) is 57.6 Å². The molecule has 1 aromatic rings. The number of hydrogen-bond donors (Lipinski definition) is 5. The molecule has 3 unspecified atom stereocenters. The average molecular weight is 453 g/mol. The van der Waals surface area contributed by atoms with Crippen LogP contribution in [-0.2, 0) is 25.5 Å². The number of aliphatic hydroxyl groups is 2. The quantitative estimate of drug-likeness (QED) is 0.264. The molecule has 180 valence electrons. The topological polar surface area (TPSA) is 137 Å². The van der Waals surface area contributed by atoms with Crippen molar-refractivity contribution < 1.29 is 34.5 Å². The molecule has 5 N–H and O–H groups in total. The molecular formula is C23H36N2O7. The summed E-state index contributed by atoms with van der Waals surface area (Å²) < 4.78 is 11.0. The maximum atomic E-state index is 12.9. The molecule has 1 amide bonds. The molecule has 1 aliphatic heterocycles. The lowest BCUT2D eigenvalue weighted by molar-refractivity contribution is -0.232. The third-order valence-electron chi connectivity index (χ3n) is 5.56. The Labute approximate surface area is 189 Å². The van der Waals surface area contributed by atoms with Gasteiger partial charge in [-0.1, -0.05) is 45.0 Å². The van der Waals surface area contributed by atoms with Crippen LogP contribution in [0.4, 0.5) is 0 Å². The van der Waals surface area contributed by atoms with E-state index in [2.05, 4.69) is 19.2 Å². The highest BCUT2D eigenvalue weighted by atomic mass is 16.6. The maximum absolute atomic E-state index is 12.9. The van der Waals surface area contributed by atoms with Crippen LogP contribution in [0, 0.1) is 5.92 Å². The Morgan fingerprint density at radius 3 is 2.38 bits per heavy atom. The highest BCUT2D eigenvalue weighted by Gasteiger charge is 2.48. The van der Waals surface area contributed by atoms with E-state index in [4.69, 9.17) is 9.47 Å². The summed E-state index contributed by atoms with van der Waals surface area (Å²) in [7, 11) is 0. The van der Waals surface area contributed by atoms with Crippen molar-refractivity contribution >= 4 is 11.9 Å². The first-order valence-corrected chi connectivity index (χ1v) is 11.1. The van der Waals surface area contributed by atoms with Gasteiger partial charge in [0.05, 0.1) is 12.5 Å². The maximum Gasteiger partial charge on any atom is 0.313 e. The Morgan fingerprint density at radius 1 is 1.19 bits per heavy atom. The van der Waals surface area contributed by atoms with Gasteiger partial charge in [0, 0.05) is 6.42 Å². The van der Waals surface area contributed by atoms with Gasteiger partial charge >= 0.3 is 5.97 Å². The van der Waals surface area contributed by atoms with E-state index in [-0.39, 0.29) is 12.3 Å². The van der Waals surface area contributed by atoms with Crippen LogP contribution >= 0.6 is 0 Å². The fourth-order valence-electron chi connectivity index (χ4n) is 3.78. The van der Waals surface area contributed by atoms with Crippen molar-refractivity contribution in [3.8, 4) is 0 Å². The first kappa shape index (κ1) is 26.2. The summed E-state index contributed by atoms with van der Waals surface area (Å²) in [6.45, 7) is 7.24. The molecule has 0 bridgehead atoms. The highest BCUT2D eigenvalue weighted by molar-refractivity contribution is 5.78. The monoisotopic (exact) mass is 452 g/mol. The smallest absolute Gasteiger partial charge is 0.313 e. The number of esters is 1. The summed E-state index contributed by atoms with van der Waals surface area (Å²) in [4.78, 5) is 25.1. The van der Waals surface area contributed by atoms with Crippen LogP contribution in [0.15, 0.2) is 24.3 Å². The van der Waals surface area contributed by atoms with Crippen molar-refractivity contribution in [1.82, 2.24) is 10.8 Å². The van der Waals surface area contributed by atoms with E-state index in [9.17, 15) is 25.0 Å². The summed E-state index contributed by atoms with van der Waals surface area (Å²) in [6, 6.07) is 6.65. The van der Waals surface area contributed by atoms with Crippen molar-refractivity contribution in [3.63, 3.8) is 0 Å². The number of carbonyl (C=O) groups is 2. The van der Waals surface area contributed by atoms with Crippen molar-refractivity contribution in [2.75, 3.05) is 6.61 Å². The number of benzene rings is 1. The number of nitrogens with one attached hydrogen (secondary N) is 2. The minimum atomic E-state index is -1.40. The average Bonchev–Trinajstić information content (AvgIpc) is 2.76. The first-order valence-electron chi connectivity index (χ1n) is 11.1. The van der Waals surface area contributed by atoms with Crippen LogP contribution in [0.2, 0.25) is 0 Å². The van der Waals surface area contributed by atoms with Gasteiger partial charge in [0.1, 0.15) is 18.2 Å². The fraction of sp³-hybridized carbons (Fsp3) is 0.652. The summed E-state index contributed by atoms with van der Waals surface area (Å²) in [6.07, 6.45) is -3.18. The van der Waals surface area contributed by atoms with Gasteiger partial charge in [0.2, 0.25) is 5.91 Å². The third kappa shape index (κ3) is 6.73. The van der Waals surface area contributed by atoms with Crippen LogP contribution in [0.3, 0.4) is 0 Å². The van der Waals surface area contributed by atoms with E-state index >= 15 is 0 Å². The predicted molar refractivity (Wildman–Crippen MR) is 117 cm³/mol. The molecule has 0 aromatic heterocycles. The molecule has 0 aliphatic carbocycles. The lowest BCUT2D eigenvalue weighted by Crippen LogP contribution is -2.68. The molecule has 1 saturated heterocycles. The van der Waals surface area contributed by atoms with Crippen LogP contribution in [-0.4, -0.2) is 64.5 Å². The molecule has 0 radical (unpaired) electrons. The second-order valence-corrected chi connectivity index (χ2v) is 8.70. The number of hydroxylamine groups is 1. The number of amides is 1. The number of ether oxygens (including phenoxy) is 2. The van der Waals surface area contributed by atoms with Crippen LogP contribution in [0.25, 0.3) is 0 Å². The van der Waals surface area contributed by atoms with Crippen LogP contribution < -0.4 is 10.8 Å². The van der Waals surface area contributed by atoms with E-state index in [1.807, 2.05) is 36.7 Å². The molecule has 9 heteroatoms. The van der Waals surface area contributed by atoms with Gasteiger partial charge in [-0.2, -0.15) is 5.48 Å². The zero-order chi connectivity index (χ0) is 23.8.